The largest absolute Gasteiger partial charge is 0.403 e. The Morgan fingerprint density at radius 3 is 1.73 bits per heavy atom. The van der Waals surface area contributed by atoms with E-state index < -0.39 is 29.6 Å². The lowest BCUT2D eigenvalue weighted by Crippen LogP contribution is -2.60. The van der Waals surface area contributed by atoms with Gasteiger partial charge in [0.05, 0.1) is 19.3 Å². The molecule has 172 valence electrons. The van der Waals surface area contributed by atoms with E-state index in [1.165, 1.54) is 0 Å². The first-order valence-electron chi connectivity index (χ1n) is 11.0. The third-order valence-corrected chi connectivity index (χ3v) is 7.56. The molecule has 2 aliphatic carbocycles. The Morgan fingerprint density at radius 2 is 1.30 bits per heavy atom. The summed E-state index contributed by atoms with van der Waals surface area (Å²) in [6.45, 7) is 2.64. The van der Waals surface area contributed by atoms with Gasteiger partial charge in [0.25, 0.3) is 12.7 Å². The lowest BCUT2D eigenvalue weighted by Gasteiger charge is -2.51. The van der Waals surface area contributed by atoms with E-state index in [9.17, 15) is 26.3 Å². The Balaban J connectivity index is 1.47. The Morgan fingerprint density at radius 1 is 0.800 bits per heavy atom. The first-order valence-corrected chi connectivity index (χ1v) is 11.0. The van der Waals surface area contributed by atoms with E-state index in [1.807, 2.05) is 0 Å². The molecule has 2 aliphatic heterocycles. The topological polar surface area (TPSA) is 34.3 Å². The Labute approximate surface area is 172 Å². The zero-order chi connectivity index (χ0) is 21.6. The molecule has 0 amide bonds. The Bertz CT molecular complexity index is 554. The molecular weight excluding hydrogens is 414 g/mol. The summed E-state index contributed by atoms with van der Waals surface area (Å²) in [4.78, 5) is 0. The van der Waals surface area contributed by atoms with Crippen molar-refractivity contribution in [2.24, 2.45) is 23.2 Å². The van der Waals surface area contributed by atoms with Crippen LogP contribution in [0, 0.1) is 29.8 Å². The van der Waals surface area contributed by atoms with Gasteiger partial charge in [-0.25, -0.2) is 0 Å². The van der Waals surface area contributed by atoms with Crippen LogP contribution >= 0.6 is 0 Å². The predicted octanol–water partition coefficient (Wildman–Crippen LogP) is 5.83. The number of epoxide rings is 2. The maximum atomic E-state index is 14.3. The fourth-order valence-corrected chi connectivity index (χ4v) is 5.86. The van der Waals surface area contributed by atoms with Crippen LogP contribution in [0.1, 0.15) is 57.8 Å². The van der Waals surface area contributed by atoms with Crippen molar-refractivity contribution in [3.05, 3.63) is 6.61 Å². The highest BCUT2D eigenvalue weighted by molar-refractivity contribution is 5.05. The Kier molecular flexibility index (Phi) is 6.27. The summed E-state index contributed by atoms with van der Waals surface area (Å²) in [5.41, 5.74) is -3.63. The van der Waals surface area contributed by atoms with E-state index in [1.54, 1.807) is 6.61 Å². The second-order valence-electron chi connectivity index (χ2n) is 9.39. The molecule has 30 heavy (non-hydrogen) atoms. The molecular formula is C21H29F6O3+. The van der Waals surface area contributed by atoms with Crippen molar-refractivity contribution < 1.29 is 40.6 Å². The highest BCUT2D eigenvalue weighted by Crippen LogP contribution is 2.65. The fourth-order valence-electron chi connectivity index (χ4n) is 5.86. The van der Waals surface area contributed by atoms with Gasteiger partial charge in [0.1, 0.15) is 6.10 Å². The van der Waals surface area contributed by atoms with E-state index >= 15 is 0 Å². The van der Waals surface area contributed by atoms with Crippen LogP contribution in [0.3, 0.4) is 0 Å². The zero-order valence-corrected chi connectivity index (χ0v) is 16.8. The summed E-state index contributed by atoms with van der Waals surface area (Å²) in [5, 5.41) is 0. The second-order valence-corrected chi connectivity index (χ2v) is 9.39. The SMILES string of the molecule is FC(F)(F)C(C1CCC(CC2[CH+]O2)CC1)(C1CCC(OCC2CO2)CC1)C(F)(F)F. The van der Waals surface area contributed by atoms with Crippen molar-refractivity contribution in [2.75, 3.05) is 13.2 Å². The predicted molar refractivity (Wildman–Crippen MR) is 95.2 cm³/mol. The Hall–Kier alpha value is -0.670. The number of rotatable bonds is 7. The van der Waals surface area contributed by atoms with Crippen molar-refractivity contribution in [1.29, 1.82) is 0 Å². The third-order valence-electron chi connectivity index (χ3n) is 7.56. The molecule has 3 nitrogen and oxygen atoms in total. The molecule has 0 radical (unpaired) electrons. The summed E-state index contributed by atoms with van der Waals surface area (Å²) in [6, 6.07) is 0. The molecule has 4 aliphatic rings. The molecule has 2 heterocycles. The van der Waals surface area contributed by atoms with Crippen molar-refractivity contribution in [2.45, 2.75) is 88.5 Å². The number of ether oxygens (including phenoxy) is 3. The second kappa shape index (κ2) is 8.35. The minimum absolute atomic E-state index is 0.0258. The van der Waals surface area contributed by atoms with Crippen molar-refractivity contribution in [1.82, 2.24) is 0 Å². The highest BCUT2D eigenvalue weighted by atomic mass is 19.4. The van der Waals surface area contributed by atoms with Gasteiger partial charge in [-0.1, -0.05) is 0 Å². The van der Waals surface area contributed by atoms with Crippen LogP contribution in [0.5, 0.6) is 0 Å². The van der Waals surface area contributed by atoms with Gasteiger partial charge < -0.3 is 9.47 Å². The smallest absolute Gasteiger partial charge is 0.375 e. The van der Waals surface area contributed by atoms with Crippen molar-refractivity contribution >= 4 is 0 Å². The van der Waals surface area contributed by atoms with Crippen LogP contribution in [0.2, 0.25) is 0 Å². The lowest BCUT2D eigenvalue weighted by atomic mass is 9.56. The zero-order valence-electron chi connectivity index (χ0n) is 16.8. The minimum atomic E-state index is -5.32. The monoisotopic (exact) mass is 443 g/mol. The number of hydrogen-bond acceptors (Lipinski definition) is 3. The van der Waals surface area contributed by atoms with E-state index in [-0.39, 0.29) is 62.8 Å². The molecule has 4 rings (SSSR count). The van der Waals surface area contributed by atoms with E-state index in [4.69, 9.17) is 14.2 Å². The molecule has 0 aromatic carbocycles. The molecule has 0 bridgehead atoms. The molecule has 2 saturated heterocycles. The summed E-state index contributed by atoms with van der Waals surface area (Å²) in [6.07, 6.45) is -9.22. The summed E-state index contributed by atoms with van der Waals surface area (Å²) in [5.74, 6) is -2.73. The van der Waals surface area contributed by atoms with Crippen molar-refractivity contribution in [3.63, 3.8) is 0 Å². The average Bonchev–Trinajstić information content (AvgIpc) is 3.56. The fraction of sp³-hybridized carbons (Fsp3) is 0.952. The van der Waals surface area contributed by atoms with Gasteiger partial charge in [0.15, 0.2) is 5.41 Å². The van der Waals surface area contributed by atoms with Gasteiger partial charge in [0.2, 0.25) is 0 Å². The van der Waals surface area contributed by atoms with Crippen LogP contribution in [0.15, 0.2) is 0 Å². The molecule has 2 unspecified atom stereocenters. The number of halogens is 6. The quantitative estimate of drug-likeness (QED) is 0.282. The van der Waals surface area contributed by atoms with Crippen LogP contribution in [0.25, 0.3) is 0 Å². The maximum absolute atomic E-state index is 14.3. The van der Waals surface area contributed by atoms with Gasteiger partial charge in [-0.2, -0.15) is 26.3 Å². The van der Waals surface area contributed by atoms with E-state index in [0.29, 0.717) is 32.5 Å². The molecule has 4 fully saturated rings. The maximum Gasteiger partial charge on any atom is 0.403 e. The van der Waals surface area contributed by atoms with Gasteiger partial charge in [-0.05, 0) is 69.1 Å². The molecule has 2 atom stereocenters. The van der Waals surface area contributed by atoms with Gasteiger partial charge >= 0.3 is 12.4 Å². The van der Waals surface area contributed by atoms with Crippen LogP contribution in [-0.4, -0.2) is 43.9 Å². The first kappa shape index (κ1) is 22.5. The lowest BCUT2D eigenvalue weighted by molar-refractivity contribution is -0.382. The highest BCUT2D eigenvalue weighted by Gasteiger charge is 2.76. The standard InChI is InChI=1S/C21H29F6O3/c22-20(23,24)19(21(25,26)27,14-3-1-13(2-4-14)9-17-10-29-17)15-5-7-16(8-6-15)28-11-18-12-30-18/h10,13-18H,1-9,11-12H2/q+1. The van der Waals surface area contributed by atoms with Gasteiger partial charge in [-0.3, -0.25) is 0 Å². The molecule has 0 spiro atoms. The molecule has 2 saturated carbocycles. The summed E-state index contributed by atoms with van der Waals surface area (Å²) in [7, 11) is 0. The van der Waals surface area contributed by atoms with Gasteiger partial charge in [-0.15, -0.1) is 4.74 Å². The number of hydrogen-bond donors (Lipinski definition) is 0. The molecule has 0 aromatic heterocycles. The van der Waals surface area contributed by atoms with Crippen LogP contribution in [-0.2, 0) is 14.2 Å². The van der Waals surface area contributed by atoms with E-state index in [2.05, 4.69) is 0 Å². The average molecular weight is 443 g/mol. The molecule has 9 heteroatoms. The minimum Gasteiger partial charge on any atom is -0.375 e. The summed E-state index contributed by atoms with van der Waals surface area (Å²) >= 11 is 0. The molecule has 0 N–H and O–H groups in total. The molecule has 0 aromatic rings. The van der Waals surface area contributed by atoms with Crippen LogP contribution in [0.4, 0.5) is 26.3 Å². The van der Waals surface area contributed by atoms with E-state index in [0.717, 1.165) is 0 Å². The normalized spacial score (nSPS) is 37.5. The van der Waals surface area contributed by atoms with Crippen molar-refractivity contribution in [3.8, 4) is 0 Å². The summed E-state index contributed by atoms with van der Waals surface area (Å²) < 4.78 is 102. The number of alkyl halides is 6. The third kappa shape index (κ3) is 4.58. The van der Waals surface area contributed by atoms with Gasteiger partial charge in [0, 0.05) is 6.42 Å². The van der Waals surface area contributed by atoms with Crippen LogP contribution < -0.4 is 0 Å². The first-order chi connectivity index (χ1) is 14.1.